The molecule has 2 atom stereocenters. The van der Waals surface area contributed by atoms with Gasteiger partial charge in [-0.15, -0.1) is 43.1 Å². The summed E-state index contributed by atoms with van der Waals surface area (Å²) in [4.78, 5) is 54.6. The first kappa shape index (κ1) is 42.7. The number of nitrogens with one attached hydrogen (secondary N) is 2. The summed E-state index contributed by atoms with van der Waals surface area (Å²) in [6.07, 6.45) is -1.52. The Morgan fingerprint density at radius 1 is 0.672 bits per heavy atom. The Balaban J connectivity index is 1.15. The average molecular weight is 928 g/mol. The third-order valence-corrected chi connectivity index (χ3v) is 12.1. The molecule has 4 heterocycles. The molecule has 0 saturated heterocycles. The van der Waals surface area contributed by atoms with Gasteiger partial charge in [0.05, 0.1) is 9.75 Å². The molecular weight excluding hydrogens is 892 g/mol. The smallest absolute Gasteiger partial charge is 0.422 e. The fraction of sp³-hybridized carbons (Fsp3) is 0.263. The Kier molecular flexibility index (Phi) is 13.2. The molecule has 0 aliphatic carbocycles. The van der Waals surface area contributed by atoms with E-state index in [1.54, 1.807) is 114 Å². The van der Waals surface area contributed by atoms with Gasteiger partial charge in [-0.2, -0.15) is 0 Å². The van der Waals surface area contributed by atoms with Crippen LogP contribution in [0, 0.1) is 0 Å². The number of rotatable bonds is 11. The molecule has 2 amide bonds. The summed E-state index contributed by atoms with van der Waals surface area (Å²) in [7, 11) is 0. The second-order valence-corrected chi connectivity index (χ2v) is 19.8. The van der Waals surface area contributed by atoms with Crippen molar-refractivity contribution in [3.05, 3.63) is 84.2 Å². The van der Waals surface area contributed by atoms with Crippen LogP contribution in [0.3, 0.4) is 0 Å². The molecule has 0 spiro atoms. The number of alkyl halides is 2. The number of anilines is 2. The number of ether oxygens (including phenoxy) is 2. The van der Waals surface area contributed by atoms with E-state index in [0.717, 1.165) is 26.8 Å². The van der Waals surface area contributed by atoms with Crippen LogP contribution in [-0.2, 0) is 19.1 Å². The number of hydrogen-bond acceptors (Lipinski definition) is 14. The predicted molar refractivity (Wildman–Crippen MR) is 228 cm³/mol. The number of carbonyl (C=O) groups excluding carboxylic acids is 4. The summed E-state index contributed by atoms with van der Waals surface area (Å²) in [5, 5.41) is 23.8. The largest absolute Gasteiger partial charge is 0.443 e. The highest BCUT2D eigenvalue weighted by atomic mass is 79.9. The van der Waals surface area contributed by atoms with Gasteiger partial charge >= 0.3 is 12.2 Å². The van der Waals surface area contributed by atoms with E-state index < -0.39 is 39.0 Å². The number of benzene rings is 2. The number of hydrogen-bond donors (Lipinski definition) is 2. The van der Waals surface area contributed by atoms with Gasteiger partial charge in [-0.25, -0.2) is 23.1 Å². The van der Waals surface area contributed by atoms with Gasteiger partial charge in [0.1, 0.15) is 15.4 Å². The van der Waals surface area contributed by atoms with Crippen LogP contribution in [0.4, 0.5) is 25.4 Å². The number of amides is 2. The predicted octanol–water partition coefficient (Wildman–Crippen LogP) is 10.0. The standard InChI is InChI=1S/C38H36BrFN8O6S4/c1-37(2,3)53-35(51)47-29(25-13-10-20-55-25)43-46-34(47)58-28(40)32(50)42-23-16-14-21(15-17-23)24-18-19-26(56-24)30-44-45-33(48(30)36(52)54-38(4,5)6)57-27(39)31(49)41-22-11-8-7-9-12-22/h7-20,27-28H,1-6H3,(H,41,49)(H,42,50)/t27-,28?/m0/s1. The molecule has 0 fully saturated rings. The van der Waals surface area contributed by atoms with E-state index in [4.69, 9.17) is 9.47 Å². The highest BCUT2D eigenvalue weighted by molar-refractivity contribution is 9.11. The molecule has 0 aliphatic rings. The fourth-order valence-corrected chi connectivity index (χ4v) is 8.62. The molecule has 0 bridgehead atoms. The lowest BCUT2D eigenvalue weighted by molar-refractivity contribution is -0.118. The van der Waals surface area contributed by atoms with Crippen molar-refractivity contribution < 1.29 is 33.0 Å². The van der Waals surface area contributed by atoms with Crippen molar-refractivity contribution in [1.29, 1.82) is 0 Å². The quantitative estimate of drug-likeness (QED) is 0.0932. The molecule has 6 rings (SSSR count). The lowest BCUT2D eigenvalue weighted by Gasteiger charge is -2.20. The van der Waals surface area contributed by atoms with Crippen LogP contribution >= 0.6 is 62.1 Å². The van der Waals surface area contributed by atoms with E-state index in [-0.39, 0.29) is 27.9 Å². The lowest BCUT2D eigenvalue weighted by Crippen LogP contribution is -2.28. The molecular formula is C38H36BrFN8O6S4. The summed E-state index contributed by atoms with van der Waals surface area (Å²) in [6.45, 7) is 10.3. The van der Waals surface area contributed by atoms with Crippen LogP contribution in [0.2, 0.25) is 0 Å². The normalized spacial score (nSPS) is 12.8. The zero-order valence-corrected chi connectivity index (χ0v) is 36.6. The number of carbonyl (C=O) groups is 4. The van der Waals surface area contributed by atoms with Crippen LogP contribution in [0.15, 0.2) is 94.6 Å². The first-order valence-electron chi connectivity index (χ1n) is 17.4. The first-order chi connectivity index (χ1) is 27.5. The monoisotopic (exact) mass is 926 g/mol. The van der Waals surface area contributed by atoms with Crippen molar-refractivity contribution in [3.8, 4) is 31.8 Å². The van der Waals surface area contributed by atoms with E-state index in [1.165, 1.54) is 27.2 Å². The summed E-state index contributed by atoms with van der Waals surface area (Å²) in [5.74, 6) is -0.934. The van der Waals surface area contributed by atoms with Crippen molar-refractivity contribution >= 4 is 97.5 Å². The summed E-state index contributed by atoms with van der Waals surface area (Å²) in [5.41, 5.74) is -2.12. The molecule has 58 heavy (non-hydrogen) atoms. The molecule has 0 aliphatic heterocycles. The van der Waals surface area contributed by atoms with Crippen molar-refractivity contribution in [3.63, 3.8) is 0 Å². The molecule has 2 aromatic carbocycles. The topological polar surface area (TPSA) is 172 Å². The highest BCUT2D eigenvalue weighted by Crippen LogP contribution is 2.38. The molecule has 14 nitrogen and oxygen atoms in total. The Morgan fingerprint density at radius 2 is 1.21 bits per heavy atom. The van der Waals surface area contributed by atoms with Gasteiger partial charge in [-0.1, -0.05) is 64.1 Å². The maximum atomic E-state index is 15.4. The number of thioether (sulfide) groups is 2. The van der Waals surface area contributed by atoms with Gasteiger partial charge in [0.15, 0.2) is 11.6 Å². The van der Waals surface area contributed by atoms with Crippen LogP contribution in [0.25, 0.3) is 31.8 Å². The van der Waals surface area contributed by atoms with E-state index in [0.29, 0.717) is 32.9 Å². The maximum Gasteiger partial charge on any atom is 0.422 e. The average Bonchev–Trinajstić information content (AvgIpc) is 3.98. The number of thiophene rings is 2. The number of para-hydroxylation sites is 1. The second kappa shape index (κ2) is 17.9. The van der Waals surface area contributed by atoms with Crippen LogP contribution in [-0.4, -0.2) is 74.4 Å². The summed E-state index contributed by atoms with van der Waals surface area (Å²) >= 11 is 7.47. The maximum absolute atomic E-state index is 15.4. The molecule has 6 aromatic rings. The zero-order valence-electron chi connectivity index (χ0n) is 31.8. The van der Waals surface area contributed by atoms with Crippen LogP contribution in [0.5, 0.6) is 0 Å². The SMILES string of the molecule is CC(C)(C)OC(=O)n1c(SC(F)C(=O)Nc2ccc(-c3ccc(-c4nnc(S[C@H](Br)C(=O)Nc5ccccc5)n4C(=O)OC(C)(C)C)s3)cc2)nnc1-c1cccs1. The molecule has 1 unspecified atom stereocenters. The first-order valence-corrected chi connectivity index (χ1v) is 21.7. The van der Waals surface area contributed by atoms with Gasteiger partial charge in [0.25, 0.3) is 5.91 Å². The van der Waals surface area contributed by atoms with E-state index in [9.17, 15) is 19.2 Å². The van der Waals surface area contributed by atoms with Gasteiger partial charge in [0.2, 0.25) is 21.7 Å². The fourth-order valence-electron chi connectivity index (χ4n) is 4.90. The second-order valence-electron chi connectivity index (χ2n) is 14.2. The van der Waals surface area contributed by atoms with Crippen LogP contribution < -0.4 is 10.6 Å². The summed E-state index contributed by atoms with van der Waals surface area (Å²) < 4.78 is 28.1. The van der Waals surface area contributed by atoms with E-state index >= 15 is 4.39 Å². The minimum Gasteiger partial charge on any atom is -0.443 e. The Labute approximate surface area is 357 Å². The minimum atomic E-state index is -2.15. The van der Waals surface area contributed by atoms with Gasteiger partial charge in [-0.3, -0.25) is 9.59 Å². The lowest BCUT2D eigenvalue weighted by atomic mass is 10.2. The minimum absolute atomic E-state index is 0.140. The van der Waals surface area contributed by atoms with Crippen molar-refractivity contribution in [1.82, 2.24) is 29.5 Å². The van der Waals surface area contributed by atoms with Crippen molar-refractivity contribution in [2.45, 2.75) is 72.7 Å². The molecule has 4 aromatic heterocycles. The molecule has 302 valence electrons. The highest BCUT2D eigenvalue weighted by Gasteiger charge is 2.31. The number of halogens is 2. The van der Waals surface area contributed by atoms with Crippen molar-refractivity contribution in [2.75, 3.05) is 10.6 Å². The van der Waals surface area contributed by atoms with Crippen molar-refractivity contribution in [2.24, 2.45) is 0 Å². The van der Waals surface area contributed by atoms with Gasteiger partial charge in [0, 0.05) is 16.3 Å². The molecule has 2 N–H and O–H groups in total. The Bertz CT molecular complexity index is 2410. The summed E-state index contributed by atoms with van der Waals surface area (Å²) in [6, 6.07) is 22.8. The van der Waals surface area contributed by atoms with Gasteiger partial charge < -0.3 is 20.1 Å². The van der Waals surface area contributed by atoms with Gasteiger partial charge in [-0.05, 0) is 107 Å². The Morgan fingerprint density at radius 3 is 1.78 bits per heavy atom. The molecule has 0 radical (unpaired) electrons. The molecule has 20 heteroatoms. The third-order valence-electron chi connectivity index (χ3n) is 7.30. The van der Waals surface area contributed by atoms with E-state index in [2.05, 4.69) is 47.0 Å². The van der Waals surface area contributed by atoms with E-state index in [1.807, 2.05) is 12.1 Å². The third kappa shape index (κ3) is 10.8. The number of nitrogens with zero attached hydrogens (tertiary/aromatic N) is 6. The van der Waals surface area contributed by atoms with Crippen LogP contribution in [0.1, 0.15) is 41.5 Å². The molecule has 0 saturated carbocycles. The Hall–Kier alpha value is -4.89. The number of aromatic nitrogens is 6. The zero-order chi connectivity index (χ0) is 41.8.